The van der Waals surface area contributed by atoms with Crippen molar-refractivity contribution in [1.29, 1.82) is 0 Å². The maximum Gasteiger partial charge on any atom is 0.248 e. The van der Waals surface area contributed by atoms with E-state index in [0.29, 0.717) is 11.6 Å². The summed E-state index contributed by atoms with van der Waals surface area (Å²) in [4.78, 5) is 29.4. The van der Waals surface area contributed by atoms with E-state index < -0.39 is 6.04 Å². The fraction of sp³-hybridized carbons (Fsp3) is 0.136. The van der Waals surface area contributed by atoms with Crippen molar-refractivity contribution in [3.63, 3.8) is 0 Å². The van der Waals surface area contributed by atoms with Crippen molar-refractivity contribution >= 4 is 34.4 Å². The monoisotopic (exact) mass is 409 g/mol. The van der Waals surface area contributed by atoms with Gasteiger partial charge in [-0.1, -0.05) is 42.5 Å². The summed E-state index contributed by atoms with van der Waals surface area (Å²) in [6, 6.07) is 15.0. The van der Waals surface area contributed by atoms with E-state index in [-0.39, 0.29) is 17.6 Å². The smallest absolute Gasteiger partial charge is 0.248 e. The van der Waals surface area contributed by atoms with Gasteiger partial charge in [-0.3, -0.25) is 9.59 Å². The van der Waals surface area contributed by atoms with Gasteiger partial charge in [0, 0.05) is 23.6 Å². The second kappa shape index (κ2) is 9.75. The van der Waals surface area contributed by atoms with Crippen LogP contribution in [0.25, 0.3) is 6.08 Å². The van der Waals surface area contributed by atoms with Crippen LogP contribution in [0.2, 0.25) is 0 Å². The lowest BCUT2D eigenvalue weighted by molar-refractivity contribution is -0.123. The van der Waals surface area contributed by atoms with Crippen LogP contribution in [0.3, 0.4) is 0 Å². The number of hydrogen-bond donors (Lipinski definition) is 2. The molecule has 0 saturated carbocycles. The Hall–Kier alpha value is -3.32. The summed E-state index contributed by atoms with van der Waals surface area (Å²) in [5.41, 5.74) is 1.86. The summed E-state index contributed by atoms with van der Waals surface area (Å²) in [7, 11) is 0. The lowest BCUT2D eigenvalue weighted by atomic mass is 10.1. The number of amides is 2. The number of anilines is 1. The molecule has 0 aliphatic heterocycles. The van der Waals surface area contributed by atoms with Gasteiger partial charge in [-0.05, 0) is 36.3 Å². The first kappa shape index (κ1) is 20.4. The SMILES string of the molecule is C[C@@H](NC(=O)/C=C/c1ccccc1)C(=O)Nc1ncc(Cc2ccc(F)cc2)s1. The summed E-state index contributed by atoms with van der Waals surface area (Å²) in [6.45, 7) is 1.61. The third-order valence-corrected chi connectivity index (χ3v) is 4.97. The molecule has 148 valence electrons. The minimum atomic E-state index is -0.715. The van der Waals surface area contributed by atoms with Gasteiger partial charge in [-0.25, -0.2) is 9.37 Å². The first-order chi connectivity index (χ1) is 14.0. The molecule has 3 rings (SSSR count). The Kier molecular flexibility index (Phi) is 6.86. The fourth-order valence-corrected chi connectivity index (χ4v) is 3.38. The van der Waals surface area contributed by atoms with Gasteiger partial charge >= 0.3 is 0 Å². The molecule has 7 heteroatoms. The van der Waals surface area contributed by atoms with E-state index in [1.54, 1.807) is 31.3 Å². The minimum absolute atomic E-state index is 0.277. The number of rotatable bonds is 7. The van der Waals surface area contributed by atoms with Gasteiger partial charge in [0.25, 0.3) is 0 Å². The van der Waals surface area contributed by atoms with E-state index >= 15 is 0 Å². The highest BCUT2D eigenvalue weighted by atomic mass is 32.1. The zero-order valence-electron chi connectivity index (χ0n) is 15.8. The quantitative estimate of drug-likeness (QED) is 0.579. The largest absolute Gasteiger partial charge is 0.341 e. The van der Waals surface area contributed by atoms with Gasteiger partial charge < -0.3 is 10.6 Å². The van der Waals surface area contributed by atoms with Crippen molar-refractivity contribution in [3.8, 4) is 0 Å². The Bertz CT molecular complexity index is 1000. The molecule has 1 heterocycles. The maximum absolute atomic E-state index is 13.0. The lowest BCUT2D eigenvalue weighted by Gasteiger charge is -2.11. The molecule has 5 nitrogen and oxygen atoms in total. The zero-order valence-corrected chi connectivity index (χ0v) is 16.6. The normalized spacial score (nSPS) is 11.9. The van der Waals surface area contributed by atoms with Crippen LogP contribution in [0.1, 0.15) is 22.9 Å². The second-order valence-corrected chi connectivity index (χ2v) is 7.51. The van der Waals surface area contributed by atoms with Crippen molar-refractivity contribution in [1.82, 2.24) is 10.3 Å². The molecular formula is C22H20FN3O2S. The van der Waals surface area contributed by atoms with Crippen molar-refractivity contribution in [2.24, 2.45) is 0 Å². The average molecular weight is 409 g/mol. The van der Waals surface area contributed by atoms with Crippen molar-refractivity contribution in [2.75, 3.05) is 5.32 Å². The van der Waals surface area contributed by atoms with Crippen LogP contribution < -0.4 is 10.6 Å². The predicted molar refractivity (Wildman–Crippen MR) is 113 cm³/mol. The Morgan fingerprint density at radius 3 is 2.59 bits per heavy atom. The van der Waals surface area contributed by atoms with Crippen molar-refractivity contribution in [2.45, 2.75) is 19.4 Å². The van der Waals surface area contributed by atoms with Crippen LogP contribution in [0.15, 0.2) is 66.9 Å². The molecule has 0 aliphatic carbocycles. The number of carbonyl (C=O) groups is 2. The number of benzene rings is 2. The number of thiazole rings is 1. The minimum Gasteiger partial charge on any atom is -0.341 e. The van der Waals surface area contributed by atoms with E-state index in [0.717, 1.165) is 16.0 Å². The van der Waals surface area contributed by atoms with Crippen LogP contribution in [0.5, 0.6) is 0 Å². The molecule has 0 radical (unpaired) electrons. The Labute approximate surface area is 172 Å². The predicted octanol–water partition coefficient (Wildman–Crippen LogP) is 4.03. The zero-order chi connectivity index (χ0) is 20.6. The van der Waals surface area contributed by atoms with Gasteiger partial charge in [-0.15, -0.1) is 11.3 Å². The standard InChI is InChI=1S/C22H20FN3O2S/c1-15(25-20(27)12-9-16-5-3-2-4-6-16)21(28)26-22-24-14-19(29-22)13-17-7-10-18(23)11-8-17/h2-12,14-15H,13H2,1H3,(H,25,27)(H,24,26,28)/b12-9+/t15-/m1/s1. The molecule has 0 aliphatic rings. The van der Waals surface area contributed by atoms with E-state index in [1.165, 1.54) is 29.5 Å². The van der Waals surface area contributed by atoms with Gasteiger partial charge in [0.05, 0.1) is 0 Å². The van der Waals surface area contributed by atoms with E-state index in [2.05, 4.69) is 15.6 Å². The number of hydrogen-bond acceptors (Lipinski definition) is 4. The molecule has 0 saturated heterocycles. The summed E-state index contributed by atoms with van der Waals surface area (Å²) < 4.78 is 13.0. The van der Waals surface area contributed by atoms with Gasteiger partial charge in [-0.2, -0.15) is 0 Å². The topological polar surface area (TPSA) is 71.1 Å². The maximum atomic E-state index is 13.0. The molecule has 0 bridgehead atoms. The fourth-order valence-electron chi connectivity index (χ4n) is 2.53. The first-order valence-electron chi connectivity index (χ1n) is 9.03. The van der Waals surface area contributed by atoms with Crippen LogP contribution in [-0.2, 0) is 16.0 Å². The molecule has 2 N–H and O–H groups in total. The molecule has 0 spiro atoms. The van der Waals surface area contributed by atoms with Crippen molar-refractivity contribution in [3.05, 3.63) is 88.7 Å². The molecule has 29 heavy (non-hydrogen) atoms. The first-order valence-corrected chi connectivity index (χ1v) is 9.85. The van der Waals surface area contributed by atoms with E-state index in [1.807, 2.05) is 30.3 Å². The highest BCUT2D eigenvalue weighted by Crippen LogP contribution is 2.21. The van der Waals surface area contributed by atoms with Crippen LogP contribution in [0, 0.1) is 5.82 Å². The third kappa shape index (κ3) is 6.36. The van der Waals surface area contributed by atoms with Gasteiger partial charge in [0.1, 0.15) is 11.9 Å². The number of halogens is 1. The molecule has 0 fully saturated rings. The molecule has 3 aromatic rings. The number of nitrogens with one attached hydrogen (secondary N) is 2. The highest BCUT2D eigenvalue weighted by Gasteiger charge is 2.16. The van der Waals surface area contributed by atoms with Gasteiger partial charge in [0.2, 0.25) is 11.8 Å². The molecule has 1 aromatic heterocycles. The molecule has 2 amide bonds. The Morgan fingerprint density at radius 1 is 1.14 bits per heavy atom. The molecular weight excluding hydrogens is 389 g/mol. The summed E-state index contributed by atoms with van der Waals surface area (Å²) in [6.07, 6.45) is 5.35. The third-order valence-electron chi connectivity index (χ3n) is 4.05. The van der Waals surface area contributed by atoms with Crippen LogP contribution in [-0.4, -0.2) is 22.8 Å². The highest BCUT2D eigenvalue weighted by molar-refractivity contribution is 7.15. The van der Waals surface area contributed by atoms with Crippen molar-refractivity contribution < 1.29 is 14.0 Å². The number of nitrogens with zero attached hydrogens (tertiary/aromatic N) is 1. The summed E-state index contributed by atoms with van der Waals surface area (Å²) >= 11 is 1.34. The van der Waals surface area contributed by atoms with E-state index in [4.69, 9.17) is 0 Å². The Morgan fingerprint density at radius 2 is 1.86 bits per heavy atom. The van der Waals surface area contributed by atoms with Crippen LogP contribution in [0.4, 0.5) is 9.52 Å². The summed E-state index contributed by atoms with van der Waals surface area (Å²) in [5, 5.41) is 5.78. The van der Waals surface area contributed by atoms with Crippen LogP contribution >= 0.6 is 11.3 Å². The Balaban J connectivity index is 1.50. The number of aromatic nitrogens is 1. The van der Waals surface area contributed by atoms with E-state index in [9.17, 15) is 14.0 Å². The number of carbonyl (C=O) groups excluding carboxylic acids is 2. The second-order valence-electron chi connectivity index (χ2n) is 6.40. The molecule has 2 aromatic carbocycles. The average Bonchev–Trinajstić information content (AvgIpc) is 3.15. The molecule has 1 atom stereocenters. The molecule has 0 unspecified atom stereocenters. The van der Waals surface area contributed by atoms with Gasteiger partial charge in [0.15, 0.2) is 5.13 Å². The summed E-state index contributed by atoms with van der Waals surface area (Å²) in [5.74, 6) is -0.984. The lowest BCUT2D eigenvalue weighted by Crippen LogP contribution is -2.40.